The van der Waals surface area contributed by atoms with Gasteiger partial charge < -0.3 is 13.3 Å². The van der Waals surface area contributed by atoms with Crippen LogP contribution in [0.2, 0.25) is 5.02 Å². The monoisotopic (exact) mass is 480 g/mol. The number of benzene rings is 3. The molecule has 4 aromatic rings. The number of para-hydroxylation sites is 2. The van der Waals surface area contributed by atoms with Crippen molar-refractivity contribution < 1.29 is 21.8 Å². The summed E-state index contributed by atoms with van der Waals surface area (Å²) in [6.07, 6.45) is 1.52. The average molecular weight is 481 g/mol. The molecule has 0 atom stereocenters. The van der Waals surface area contributed by atoms with Crippen LogP contribution in [0.1, 0.15) is 18.4 Å². The van der Waals surface area contributed by atoms with Crippen LogP contribution in [0, 0.1) is 11.3 Å². The van der Waals surface area contributed by atoms with Gasteiger partial charge in [0.2, 0.25) is 11.6 Å². The summed E-state index contributed by atoms with van der Waals surface area (Å²) < 4.78 is 41.9. The molecule has 0 spiro atoms. The van der Waals surface area contributed by atoms with Gasteiger partial charge in [-0.25, -0.2) is 4.98 Å². The number of ether oxygens (including phenoxy) is 1. The third-order valence-corrected chi connectivity index (χ3v) is 6.03. The Labute approximate surface area is 195 Å². The van der Waals surface area contributed by atoms with Crippen molar-refractivity contribution in [3.63, 3.8) is 0 Å². The minimum Gasteiger partial charge on any atom is -0.490 e. The van der Waals surface area contributed by atoms with Crippen molar-refractivity contribution in [1.82, 2.24) is 4.98 Å². The Morgan fingerprint density at radius 3 is 2.58 bits per heavy atom. The van der Waals surface area contributed by atoms with Gasteiger partial charge in [-0.3, -0.25) is 0 Å². The van der Waals surface area contributed by atoms with Crippen molar-refractivity contribution in [3.8, 4) is 17.6 Å². The Morgan fingerprint density at radius 2 is 1.88 bits per heavy atom. The third kappa shape index (κ3) is 4.85. The number of oxazole rings is 1. The number of aromatic nitrogens is 1. The van der Waals surface area contributed by atoms with Gasteiger partial charge in [-0.1, -0.05) is 41.9 Å². The molecular weight excluding hydrogens is 464 g/mol. The van der Waals surface area contributed by atoms with Crippen LogP contribution in [0.5, 0.6) is 11.5 Å². The van der Waals surface area contributed by atoms with E-state index in [1.807, 2.05) is 12.1 Å². The maximum Gasteiger partial charge on any atom is 0.339 e. The summed E-state index contributed by atoms with van der Waals surface area (Å²) in [5.74, 6) is 0.130. The summed E-state index contributed by atoms with van der Waals surface area (Å²) in [6.45, 7) is 1.98. The Hall–Kier alpha value is -3.80. The smallest absolute Gasteiger partial charge is 0.339 e. The molecule has 0 unspecified atom stereocenters. The van der Waals surface area contributed by atoms with Crippen molar-refractivity contribution in [2.45, 2.75) is 11.8 Å². The van der Waals surface area contributed by atoms with Crippen LogP contribution in [-0.2, 0) is 10.1 Å². The van der Waals surface area contributed by atoms with Gasteiger partial charge in [0.15, 0.2) is 11.3 Å². The molecule has 0 aliphatic rings. The van der Waals surface area contributed by atoms with Gasteiger partial charge in [0, 0.05) is 0 Å². The normalized spacial score (nSPS) is 11.8. The largest absolute Gasteiger partial charge is 0.490 e. The number of rotatable bonds is 7. The summed E-state index contributed by atoms with van der Waals surface area (Å²) in [4.78, 5) is 4.32. The lowest BCUT2D eigenvalue weighted by molar-refractivity contribution is 0.327. The SMILES string of the molecule is CCOc1cc(/C=C(\C#N)c2nc3ccccc3o2)cc(Cl)c1OS(=O)(=O)c1ccccc1. The highest BCUT2D eigenvalue weighted by Gasteiger charge is 2.22. The molecule has 33 heavy (non-hydrogen) atoms. The van der Waals surface area contributed by atoms with Crippen molar-refractivity contribution in [1.29, 1.82) is 5.26 Å². The van der Waals surface area contributed by atoms with Crippen LogP contribution >= 0.6 is 11.6 Å². The fraction of sp³-hybridized carbons (Fsp3) is 0.0833. The molecule has 0 saturated carbocycles. The topological polar surface area (TPSA) is 102 Å². The second-order valence-electron chi connectivity index (χ2n) is 6.77. The molecule has 1 aromatic heterocycles. The van der Waals surface area contributed by atoms with Crippen molar-refractivity contribution >= 4 is 44.5 Å². The minimum absolute atomic E-state index is 0.00145. The number of nitrogens with zero attached hydrogens (tertiary/aromatic N) is 2. The Balaban J connectivity index is 1.74. The molecule has 0 bridgehead atoms. The lowest BCUT2D eigenvalue weighted by Gasteiger charge is -2.14. The first-order chi connectivity index (χ1) is 15.9. The lowest BCUT2D eigenvalue weighted by Crippen LogP contribution is -2.11. The molecule has 9 heteroatoms. The molecule has 1 heterocycles. The zero-order valence-electron chi connectivity index (χ0n) is 17.4. The zero-order valence-corrected chi connectivity index (χ0v) is 18.9. The van der Waals surface area contributed by atoms with E-state index in [1.165, 1.54) is 30.3 Å². The second kappa shape index (κ2) is 9.36. The highest BCUT2D eigenvalue weighted by Crippen LogP contribution is 2.39. The van der Waals surface area contributed by atoms with Gasteiger partial charge in [-0.05, 0) is 55.0 Å². The lowest BCUT2D eigenvalue weighted by atomic mass is 10.1. The van der Waals surface area contributed by atoms with Gasteiger partial charge in [0.05, 0.1) is 11.6 Å². The standard InChI is InChI=1S/C24H17ClN2O5S/c1-2-30-22-14-16(12-17(15-26)24-27-20-10-6-7-11-21(20)31-24)13-19(25)23(22)32-33(28,29)18-8-4-3-5-9-18/h3-14H,2H2,1H3/b17-12+. The highest BCUT2D eigenvalue weighted by molar-refractivity contribution is 7.87. The number of hydrogen-bond donors (Lipinski definition) is 0. The first-order valence-corrected chi connectivity index (χ1v) is 11.6. The summed E-state index contributed by atoms with van der Waals surface area (Å²) in [5.41, 5.74) is 1.81. The van der Waals surface area contributed by atoms with Gasteiger partial charge >= 0.3 is 10.1 Å². The van der Waals surface area contributed by atoms with Crippen LogP contribution in [-0.4, -0.2) is 20.0 Å². The molecular formula is C24H17ClN2O5S. The van der Waals surface area contributed by atoms with Crippen molar-refractivity contribution in [2.75, 3.05) is 6.61 Å². The van der Waals surface area contributed by atoms with E-state index in [4.69, 9.17) is 24.9 Å². The van der Waals surface area contributed by atoms with Gasteiger partial charge in [0.1, 0.15) is 22.1 Å². The quantitative estimate of drug-likeness (QED) is 0.246. The number of fused-ring (bicyclic) bond motifs is 1. The van der Waals surface area contributed by atoms with Crippen molar-refractivity contribution in [3.05, 3.63) is 83.2 Å². The number of nitriles is 1. The van der Waals surface area contributed by atoms with Crippen LogP contribution in [0.25, 0.3) is 22.7 Å². The Kier molecular flexibility index (Phi) is 6.36. The van der Waals surface area contributed by atoms with E-state index in [1.54, 1.807) is 37.3 Å². The molecule has 0 radical (unpaired) electrons. The van der Waals surface area contributed by atoms with Crippen LogP contribution in [0.15, 0.2) is 76.0 Å². The molecule has 7 nitrogen and oxygen atoms in total. The van der Waals surface area contributed by atoms with Gasteiger partial charge in [0.25, 0.3) is 0 Å². The van der Waals surface area contributed by atoms with Gasteiger partial charge in [-0.15, -0.1) is 0 Å². The Bertz CT molecular complexity index is 1460. The predicted molar refractivity (Wildman–Crippen MR) is 124 cm³/mol. The van der Waals surface area contributed by atoms with Crippen LogP contribution in [0.4, 0.5) is 0 Å². The fourth-order valence-corrected chi connectivity index (χ4v) is 4.34. The summed E-state index contributed by atoms with van der Waals surface area (Å²) in [5, 5.41) is 9.66. The molecule has 0 N–H and O–H groups in total. The molecule has 0 amide bonds. The second-order valence-corrected chi connectivity index (χ2v) is 8.72. The van der Waals surface area contributed by atoms with Gasteiger partial charge in [-0.2, -0.15) is 13.7 Å². The Morgan fingerprint density at radius 1 is 1.15 bits per heavy atom. The number of halogens is 1. The molecule has 0 aliphatic heterocycles. The molecule has 166 valence electrons. The van der Waals surface area contributed by atoms with Crippen molar-refractivity contribution in [2.24, 2.45) is 0 Å². The van der Waals surface area contributed by atoms with E-state index in [-0.39, 0.29) is 39.5 Å². The zero-order chi connectivity index (χ0) is 23.4. The number of allylic oxidation sites excluding steroid dienone is 1. The first-order valence-electron chi connectivity index (χ1n) is 9.85. The molecule has 3 aromatic carbocycles. The van der Waals surface area contributed by atoms with E-state index >= 15 is 0 Å². The molecule has 0 saturated heterocycles. The summed E-state index contributed by atoms with van der Waals surface area (Å²) in [6, 6.07) is 19.9. The maximum atomic E-state index is 12.7. The predicted octanol–water partition coefficient (Wildman–Crippen LogP) is 5.71. The van der Waals surface area contributed by atoms with E-state index < -0.39 is 10.1 Å². The van der Waals surface area contributed by atoms with Crippen LogP contribution < -0.4 is 8.92 Å². The van der Waals surface area contributed by atoms with E-state index in [0.717, 1.165) is 0 Å². The first kappa shape index (κ1) is 22.4. The molecule has 4 rings (SSSR count). The maximum absolute atomic E-state index is 12.7. The summed E-state index contributed by atoms with van der Waals surface area (Å²) in [7, 11) is -4.13. The fourth-order valence-electron chi connectivity index (χ4n) is 3.06. The molecule has 0 fully saturated rings. The van der Waals surface area contributed by atoms with E-state index in [9.17, 15) is 13.7 Å². The highest BCUT2D eigenvalue weighted by atomic mass is 35.5. The van der Waals surface area contributed by atoms with E-state index in [2.05, 4.69) is 11.1 Å². The summed E-state index contributed by atoms with van der Waals surface area (Å²) >= 11 is 6.38. The van der Waals surface area contributed by atoms with Crippen LogP contribution in [0.3, 0.4) is 0 Å². The third-order valence-electron chi connectivity index (χ3n) is 4.51. The average Bonchev–Trinajstić information content (AvgIpc) is 3.24. The number of hydrogen-bond acceptors (Lipinski definition) is 7. The molecule has 0 aliphatic carbocycles. The minimum atomic E-state index is -4.13. The van der Waals surface area contributed by atoms with E-state index in [0.29, 0.717) is 16.7 Å².